The second-order valence-electron chi connectivity index (χ2n) is 6.80. The van der Waals surface area contributed by atoms with Crippen LogP contribution in [-0.2, 0) is 20.7 Å². The van der Waals surface area contributed by atoms with Crippen LogP contribution in [0.5, 0.6) is 0 Å². The molecule has 2 amide bonds. The number of carbonyl (C=O) groups excluding carboxylic acids is 3. The van der Waals surface area contributed by atoms with E-state index in [-0.39, 0.29) is 24.5 Å². The summed E-state index contributed by atoms with van der Waals surface area (Å²) in [7, 11) is 0. The van der Waals surface area contributed by atoms with Crippen molar-refractivity contribution in [3.8, 4) is 0 Å². The quantitative estimate of drug-likeness (QED) is 0.716. The normalized spacial score (nSPS) is 16.6. The highest BCUT2D eigenvalue weighted by atomic mass is 16.5. The largest absolute Gasteiger partial charge is 0.463 e. The lowest BCUT2D eigenvalue weighted by Gasteiger charge is -2.26. The van der Waals surface area contributed by atoms with Gasteiger partial charge in [-0.15, -0.1) is 0 Å². The Labute approximate surface area is 159 Å². The number of carbonyl (C=O) groups is 3. The van der Waals surface area contributed by atoms with Crippen molar-refractivity contribution in [1.82, 2.24) is 10.6 Å². The SMILES string of the molecule is CCOC(=O)C1=C(COC(=O)c2ccc(CC(C)C)cc2)NC(=O)NC1C. The third-order valence-corrected chi connectivity index (χ3v) is 4.05. The Hall–Kier alpha value is -2.83. The number of urea groups is 1. The molecule has 1 unspecified atom stereocenters. The molecule has 1 atom stereocenters. The Morgan fingerprint density at radius 1 is 1.11 bits per heavy atom. The van der Waals surface area contributed by atoms with Gasteiger partial charge in [0.2, 0.25) is 0 Å². The molecule has 1 aliphatic rings. The molecule has 0 bridgehead atoms. The zero-order valence-electron chi connectivity index (χ0n) is 16.1. The number of hydrogen-bond acceptors (Lipinski definition) is 5. The van der Waals surface area contributed by atoms with Crippen LogP contribution in [-0.4, -0.2) is 37.2 Å². The molecule has 0 spiro atoms. The maximum atomic E-state index is 12.3. The van der Waals surface area contributed by atoms with E-state index in [0.29, 0.717) is 11.5 Å². The van der Waals surface area contributed by atoms with Crippen LogP contribution < -0.4 is 10.6 Å². The molecule has 1 heterocycles. The molecule has 1 aromatic carbocycles. The molecule has 7 nitrogen and oxygen atoms in total. The number of nitrogens with one attached hydrogen (secondary N) is 2. The predicted molar refractivity (Wildman–Crippen MR) is 100 cm³/mol. The van der Waals surface area contributed by atoms with Crippen LogP contribution in [0.4, 0.5) is 4.79 Å². The summed E-state index contributed by atoms with van der Waals surface area (Å²) in [6, 6.07) is 6.22. The molecule has 0 aliphatic carbocycles. The summed E-state index contributed by atoms with van der Waals surface area (Å²) in [5, 5.41) is 5.12. The van der Waals surface area contributed by atoms with Crippen LogP contribution >= 0.6 is 0 Å². The first-order valence-corrected chi connectivity index (χ1v) is 9.05. The fraction of sp³-hybridized carbons (Fsp3) is 0.450. The van der Waals surface area contributed by atoms with Gasteiger partial charge in [-0.3, -0.25) is 0 Å². The van der Waals surface area contributed by atoms with Gasteiger partial charge in [0.1, 0.15) is 6.61 Å². The van der Waals surface area contributed by atoms with Gasteiger partial charge in [-0.25, -0.2) is 14.4 Å². The van der Waals surface area contributed by atoms with Crippen molar-refractivity contribution < 1.29 is 23.9 Å². The lowest BCUT2D eigenvalue weighted by Crippen LogP contribution is -2.50. The van der Waals surface area contributed by atoms with Crippen molar-refractivity contribution in [2.75, 3.05) is 13.2 Å². The summed E-state index contributed by atoms with van der Waals surface area (Å²) in [5.41, 5.74) is 2.04. The smallest absolute Gasteiger partial charge is 0.338 e. The van der Waals surface area contributed by atoms with E-state index in [1.807, 2.05) is 12.1 Å². The van der Waals surface area contributed by atoms with Crippen LogP contribution in [0.15, 0.2) is 35.5 Å². The van der Waals surface area contributed by atoms with Crippen LogP contribution in [0.1, 0.15) is 43.6 Å². The van der Waals surface area contributed by atoms with Gasteiger partial charge in [-0.1, -0.05) is 26.0 Å². The fourth-order valence-corrected chi connectivity index (χ4v) is 2.86. The lowest BCUT2D eigenvalue weighted by molar-refractivity contribution is -0.139. The van der Waals surface area contributed by atoms with Gasteiger partial charge in [-0.2, -0.15) is 0 Å². The van der Waals surface area contributed by atoms with Gasteiger partial charge in [-0.05, 0) is 43.9 Å². The maximum Gasteiger partial charge on any atom is 0.338 e. The van der Waals surface area contributed by atoms with Gasteiger partial charge in [0.15, 0.2) is 0 Å². The van der Waals surface area contributed by atoms with Crippen molar-refractivity contribution in [2.24, 2.45) is 5.92 Å². The minimum Gasteiger partial charge on any atom is -0.463 e. The molecule has 2 rings (SSSR count). The van der Waals surface area contributed by atoms with Gasteiger partial charge >= 0.3 is 18.0 Å². The van der Waals surface area contributed by atoms with E-state index in [0.717, 1.165) is 12.0 Å². The van der Waals surface area contributed by atoms with Crippen molar-refractivity contribution in [1.29, 1.82) is 0 Å². The predicted octanol–water partition coefficient (Wildman–Crippen LogP) is 2.56. The van der Waals surface area contributed by atoms with Gasteiger partial charge in [0.05, 0.1) is 29.5 Å². The number of esters is 2. The Balaban J connectivity index is 2.09. The average Bonchev–Trinajstić information content (AvgIpc) is 2.59. The monoisotopic (exact) mass is 374 g/mol. The van der Waals surface area contributed by atoms with Crippen LogP contribution in [0.3, 0.4) is 0 Å². The number of rotatable bonds is 7. The topological polar surface area (TPSA) is 93.7 Å². The zero-order valence-corrected chi connectivity index (χ0v) is 16.1. The molecule has 0 saturated carbocycles. The molecule has 1 aliphatic heterocycles. The number of ether oxygens (including phenoxy) is 2. The van der Waals surface area contributed by atoms with E-state index < -0.39 is 24.0 Å². The van der Waals surface area contributed by atoms with E-state index in [4.69, 9.17) is 9.47 Å². The summed E-state index contributed by atoms with van der Waals surface area (Å²) in [4.78, 5) is 36.2. The number of benzene rings is 1. The third kappa shape index (κ3) is 5.57. The fourth-order valence-electron chi connectivity index (χ4n) is 2.86. The molecule has 0 fully saturated rings. The molecule has 146 valence electrons. The molecule has 0 aromatic heterocycles. The number of hydrogen-bond donors (Lipinski definition) is 2. The molecule has 0 radical (unpaired) electrons. The third-order valence-electron chi connectivity index (χ3n) is 4.05. The lowest BCUT2D eigenvalue weighted by atomic mass is 10.0. The molecule has 27 heavy (non-hydrogen) atoms. The van der Waals surface area contributed by atoms with E-state index >= 15 is 0 Å². The Kier molecular flexibility index (Phi) is 6.98. The van der Waals surface area contributed by atoms with E-state index in [2.05, 4.69) is 24.5 Å². The second kappa shape index (κ2) is 9.21. The van der Waals surface area contributed by atoms with Crippen LogP contribution in [0, 0.1) is 5.92 Å². The minimum absolute atomic E-state index is 0.207. The summed E-state index contributed by atoms with van der Waals surface area (Å²) in [6.45, 7) is 7.61. The van der Waals surface area contributed by atoms with Crippen molar-refractivity contribution in [3.05, 3.63) is 46.7 Å². The van der Waals surface area contributed by atoms with Crippen molar-refractivity contribution >= 4 is 18.0 Å². The van der Waals surface area contributed by atoms with Crippen LogP contribution in [0.2, 0.25) is 0 Å². The highest BCUT2D eigenvalue weighted by Crippen LogP contribution is 2.16. The first kappa shape index (κ1) is 20.5. The maximum absolute atomic E-state index is 12.3. The van der Waals surface area contributed by atoms with Gasteiger partial charge in [0, 0.05) is 0 Å². The van der Waals surface area contributed by atoms with Crippen LogP contribution in [0.25, 0.3) is 0 Å². The second-order valence-corrected chi connectivity index (χ2v) is 6.80. The minimum atomic E-state index is -0.554. The molecular formula is C20H26N2O5. The summed E-state index contributed by atoms with van der Waals surface area (Å²) in [5.74, 6) is -0.551. The first-order valence-electron chi connectivity index (χ1n) is 9.05. The molecular weight excluding hydrogens is 348 g/mol. The summed E-state index contributed by atoms with van der Waals surface area (Å²) in [6.07, 6.45) is 0.933. The summed E-state index contributed by atoms with van der Waals surface area (Å²) < 4.78 is 10.3. The Morgan fingerprint density at radius 3 is 2.37 bits per heavy atom. The highest BCUT2D eigenvalue weighted by molar-refractivity contribution is 5.95. The highest BCUT2D eigenvalue weighted by Gasteiger charge is 2.30. The molecule has 1 aromatic rings. The average molecular weight is 374 g/mol. The van der Waals surface area contributed by atoms with E-state index in [1.165, 1.54) is 0 Å². The van der Waals surface area contributed by atoms with E-state index in [9.17, 15) is 14.4 Å². The molecule has 0 saturated heterocycles. The van der Waals surface area contributed by atoms with Gasteiger partial charge in [0.25, 0.3) is 0 Å². The van der Waals surface area contributed by atoms with Crippen molar-refractivity contribution in [3.63, 3.8) is 0 Å². The molecule has 2 N–H and O–H groups in total. The Bertz CT molecular complexity index is 737. The zero-order chi connectivity index (χ0) is 20.0. The first-order chi connectivity index (χ1) is 12.8. The Morgan fingerprint density at radius 2 is 1.78 bits per heavy atom. The van der Waals surface area contributed by atoms with E-state index in [1.54, 1.807) is 26.0 Å². The van der Waals surface area contributed by atoms with Crippen molar-refractivity contribution in [2.45, 2.75) is 40.2 Å². The standard InChI is InChI=1S/C20H26N2O5/c1-5-26-19(24)17-13(4)21-20(25)22-16(17)11-27-18(23)15-8-6-14(7-9-15)10-12(2)3/h6-9,12-13H,5,10-11H2,1-4H3,(H2,21,22,25). The number of amides is 2. The van der Waals surface area contributed by atoms with Gasteiger partial charge < -0.3 is 20.1 Å². The summed E-state index contributed by atoms with van der Waals surface area (Å²) >= 11 is 0. The molecule has 7 heteroatoms.